The lowest BCUT2D eigenvalue weighted by atomic mass is 10.1. The highest BCUT2D eigenvalue weighted by Gasteiger charge is 2.17. The molecule has 2 N–H and O–H groups in total. The van der Waals surface area contributed by atoms with Gasteiger partial charge in [0.15, 0.2) is 5.82 Å². The Morgan fingerprint density at radius 2 is 2.18 bits per heavy atom. The predicted octanol–water partition coefficient (Wildman–Crippen LogP) is 2.26. The van der Waals surface area contributed by atoms with Crippen molar-refractivity contribution in [1.82, 2.24) is 29.5 Å². The number of anilines is 1. The van der Waals surface area contributed by atoms with E-state index in [1.807, 2.05) is 54.2 Å². The van der Waals surface area contributed by atoms with E-state index in [4.69, 9.17) is 0 Å². The number of pyridine rings is 1. The van der Waals surface area contributed by atoms with Gasteiger partial charge in [-0.15, -0.1) is 0 Å². The summed E-state index contributed by atoms with van der Waals surface area (Å²) in [5.41, 5.74) is 3.80. The Balaban J connectivity index is 1.46. The number of aromatic nitrogens is 5. The second-order valence-electron chi connectivity index (χ2n) is 6.81. The van der Waals surface area contributed by atoms with Gasteiger partial charge in [-0.1, -0.05) is 18.2 Å². The number of amides is 1. The molecule has 0 unspecified atom stereocenters. The molecule has 1 aliphatic rings. The molecule has 1 aliphatic heterocycles. The lowest BCUT2D eigenvalue weighted by molar-refractivity contribution is 0.102. The molecule has 0 fully saturated rings. The average molecular weight is 373 g/mol. The Labute approximate surface area is 161 Å². The molecule has 0 saturated carbocycles. The van der Waals surface area contributed by atoms with Gasteiger partial charge in [-0.2, -0.15) is 5.10 Å². The smallest absolute Gasteiger partial charge is 0.274 e. The fourth-order valence-corrected chi connectivity index (χ4v) is 3.37. The molecule has 1 amide bonds. The largest absolute Gasteiger partial charge is 0.320 e. The second kappa shape index (κ2) is 6.58. The van der Waals surface area contributed by atoms with Gasteiger partial charge in [0.1, 0.15) is 17.2 Å². The molecular weight excluding hydrogens is 354 g/mol. The van der Waals surface area contributed by atoms with E-state index in [0.717, 1.165) is 47.9 Å². The van der Waals surface area contributed by atoms with Gasteiger partial charge in [-0.05, 0) is 30.7 Å². The summed E-state index contributed by atoms with van der Waals surface area (Å²) in [4.78, 5) is 21.7. The number of aryl methyl sites for hydroxylation is 1. The first kappa shape index (κ1) is 16.6. The van der Waals surface area contributed by atoms with E-state index in [-0.39, 0.29) is 5.91 Å². The number of carbonyl (C=O) groups is 1. The van der Waals surface area contributed by atoms with Crippen LogP contribution in [0.15, 0.2) is 48.8 Å². The molecule has 5 rings (SSSR count). The van der Waals surface area contributed by atoms with E-state index in [2.05, 4.69) is 25.7 Å². The lowest BCUT2D eigenvalue weighted by Gasteiger charge is -2.11. The number of benzene rings is 1. The van der Waals surface area contributed by atoms with Gasteiger partial charge >= 0.3 is 0 Å². The first-order valence-electron chi connectivity index (χ1n) is 9.18. The van der Waals surface area contributed by atoms with Gasteiger partial charge in [0.05, 0.1) is 19.3 Å². The van der Waals surface area contributed by atoms with Crippen molar-refractivity contribution in [3.05, 3.63) is 65.9 Å². The fourth-order valence-electron chi connectivity index (χ4n) is 3.37. The van der Waals surface area contributed by atoms with Gasteiger partial charge in [-0.25, -0.2) is 14.6 Å². The summed E-state index contributed by atoms with van der Waals surface area (Å²) in [5.74, 6) is 1.39. The molecule has 28 heavy (non-hydrogen) atoms. The zero-order chi connectivity index (χ0) is 19.1. The van der Waals surface area contributed by atoms with E-state index in [1.54, 1.807) is 10.6 Å². The molecule has 0 bridgehead atoms. The molecule has 8 nitrogen and oxygen atoms in total. The van der Waals surface area contributed by atoms with E-state index < -0.39 is 0 Å². The Bertz CT molecular complexity index is 1170. The maximum Gasteiger partial charge on any atom is 0.274 e. The number of nitrogens with one attached hydrogen (secondary N) is 2. The molecule has 0 spiro atoms. The number of imidazole rings is 1. The van der Waals surface area contributed by atoms with Crippen molar-refractivity contribution in [3.8, 4) is 11.4 Å². The molecular formula is C20H19N7O. The average Bonchev–Trinajstić information content (AvgIpc) is 3.33. The highest BCUT2D eigenvalue weighted by Crippen LogP contribution is 2.24. The second-order valence-corrected chi connectivity index (χ2v) is 6.81. The summed E-state index contributed by atoms with van der Waals surface area (Å²) >= 11 is 0. The van der Waals surface area contributed by atoms with Crippen LogP contribution in [0, 0.1) is 6.92 Å². The number of hydrogen-bond donors (Lipinski definition) is 2. The topological polar surface area (TPSA) is 89.1 Å². The van der Waals surface area contributed by atoms with Crippen LogP contribution >= 0.6 is 0 Å². The third-order valence-corrected chi connectivity index (χ3v) is 4.93. The minimum absolute atomic E-state index is 0.208. The van der Waals surface area contributed by atoms with Crippen LogP contribution in [0.25, 0.3) is 17.0 Å². The summed E-state index contributed by atoms with van der Waals surface area (Å²) < 4.78 is 3.70. The summed E-state index contributed by atoms with van der Waals surface area (Å²) in [6, 6.07) is 11.5. The number of hydrogen-bond acceptors (Lipinski definition) is 5. The summed E-state index contributed by atoms with van der Waals surface area (Å²) in [7, 11) is 0. The zero-order valence-electron chi connectivity index (χ0n) is 15.4. The standard InChI is InChI=1S/C20H19N7O/c1-13-5-6-14(19-24-18-12-21-7-9-27(18)25-19)10-15(13)23-20(28)16-11-22-17-4-2-3-8-26(16)17/h2-6,8,10-11,21H,7,9,12H2,1H3,(H,23,28). The van der Waals surface area contributed by atoms with E-state index in [0.29, 0.717) is 11.5 Å². The van der Waals surface area contributed by atoms with Gasteiger partial charge in [0.2, 0.25) is 0 Å². The molecule has 0 atom stereocenters. The minimum atomic E-state index is -0.208. The maximum atomic E-state index is 12.8. The van der Waals surface area contributed by atoms with Crippen molar-refractivity contribution >= 4 is 17.2 Å². The van der Waals surface area contributed by atoms with E-state index >= 15 is 0 Å². The quantitative estimate of drug-likeness (QED) is 0.575. The van der Waals surface area contributed by atoms with Gasteiger partial charge < -0.3 is 10.6 Å². The molecule has 3 aromatic heterocycles. The van der Waals surface area contributed by atoms with Crippen LogP contribution in [0.2, 0.25) is 0 Å². The van der Waals surface area contributed by atoms with E-state index in [1.165, 1.54) is 0 Å². The van der Waals surface area contributed by atoms with Crippen molar-refractivity contribution in [2.45, 2.75) is 20.0 Å². The molecule has 4 aromatic rings. The highest BCUT2D eigenvalue weighted by atomic mass is 16.1. The summed E-state index contributed by atoms with van der Waals surface area (Å²) in [6.07, 6.45) is 3.41. The first-order valence-corrected chi connectivity index (χ1v) is 9.18. The molecule has 1 aromatic carbocycles. The third-order valence-electron chi connectivity index (χ3n) is 4.93. The monoisotopic (exact) mass is 373 g/mol. The predicted molar refractivity (Wildman–Crippen MR) is 105 cm³/mol. The number of nitrogens with zero attached hydrogens (tertiary/aromatic N) is 5. The molecule has 0 radical (unpaired) electrons. The zero-order valence-corrected chi connectivity index (χ0v) is 15.4. The van der Waals surface area contributed by atoms with E-state index in [9.17, 15) is 4.79 Å². The summed E-state index contributed by atoms with van der Waals surface area (Å²) in [5, 5.41) is 10.9. The molecule has 0 saturated heterocycles. The van der Waals surface area contributed by atoms with Crippen molar-refractivity contribution in [2.24, 2.45) is 0 Å². The van der Waals surface area contributed by atoms with Crippen LogP contribution in [-0.4, -0.2) is 36.6 Å². The van der Waals surface area contributed by atoms with Crippen molar-refractivity contribution < 1.29 is 4.79 Å². The molecule has 140 valence electrons. The van der Waals surface area contributed by atoms with Crippen molar-refractivity contribution in [1.29, 1.82) is 0 Å². The Morgan fingerprint density at radius 3 is 3.07 bits per heavy atom. The van der Waals surface area contributed by atoms with Crippen LogP contribution in [0.3, 0.4) is 0 Å². The van der Waals surface area contributed by atoms with Crippen LogP contribution in [-0.2, 0) is 13.1 Å². The normalized spacial score (nSPS) is 13.5. The Morgan fingerprint density at radius 1 is 1.25 bits per heavy atom. The van der Waals surface area contributed by atoms with Crippen LogP contribution in [0.5, 0.6) is 0 Å². The van der Waals surface area contributed by atoms with Crippen molar-refractivity contribution in [2.75, 3.05) is 11.9 Å². The molecule has 8 heteroatoms. The molecule has 0 aliphatic carbocycles. The molecule has 4 heterocycles. The summed E-state index contributed by atoms with van der Waals surface area (Å²) in [6.45, 7) is 4.39. The minimum Gasteiger partial charge on any atom is -0.320 e. The van der Waals surface area contributed by atoms with Crippen molar-refractivity contribution in [3.63, 3.8) is 0 Å². The Hall–Kier alpha value is -3.52. The van der Waals surface area contributed by atoms with Crippen LogP contribution in [0.4, 0.5) is 5.69 Å². The lowest BCUT2D eigenvalue weighted by Crippen LogP contribution is -2.28. The highest BCUT2D eigenvalue weighted by molar-refractivity contribution is 6.04. The number of rotatable bonds is 3. The van der Waals surface area contributed by atoms with Gasteiger partial charge in [0, 0.05) is 24.0 Å². The first-order chi connectivity index (χ1) is 13.7. The number of fused-ring (bicyclic) bond motifs is 2. The Kier molecular flexibility index (Phi) is 3.91. The van der Waals surface area contributed by atoms with Gasteiger partial charge in [0.25, 0.3) is 5.91 Å². The number of carbonyl (C=O) groups excluding carboxylic acids is 1. The van der Waals surface area contributed by atoms with Gasteiger partial charge in [-0.3, -0.25) is 9.20 Å². The maximum absolute atomic E-state index is 12.8. The fraction of sp³-hybridized carbons (Fsp3) is 0.200. The SMILES string of the molecule is Cc1ccc(-c2nc3n(n2)CCNC3)cc1NC(=O)c1cnc2ccccn12. The van der Waals surface area contributed by atoms with Crippen LogP contribution in [0.1, 0.15) is 21.9 Å². The third kappa shape index (κ3) is 2.84. The van der Waals surface area contributed by atoms with Crippen LogP contribution < -0.4 is 10.6 Å².